The van der Waals surface area contributed by atoms with Gasteiger partial charge in [-0.1, -0.05) is 24.3 Å². The van der Waals surface area contributed by atoms with Gasteiger partial charge in [-0.2, -0.15) is 0 Å². The highest BCUT2D eigenvalue weighted by molar-refractivity contribution is 5.93. The Morgan fingerprint density at radius 1 is 1.06 bits per heavy atom. The molecule has 5 nitrogen and oxygen atoms in total. The zero-order valence-electron chi connectivity index (χ0n) is 18.4. The van der Waals surface area contributed by atoms with Crippen LogP contribution in [0.3, 0.4) is 0 Å². The highest BCUT2D eigenvalue weighted by Gasteiger charge is 2.22. The minimum atomic E-state index is -0.166. The molecule has 2 aliphatic heterocycles. The van der Waals surface area contributed by atoms with E-state index in [1.54, 1.807) is 17.0 Å². The van der Waals surface area contributed by atoms with E-state index in [0.29, 0.717) is 12.5 Å². The fourth-order valence-electron chi connectivity index (χ4n) is 4.76. The van der Waals surface area contributed by atoms with Gasteiger partial charge in [0.2, 0.25) is 0 Å². The van der Waals surface area contributed by atoms with Crippen molar-refractivity contribution in [2.24, 2.45) is 5.92 Å². The summed E-state index contributed by atoms with van der Waals surface area (Å²) in [6, 6.07) is 15.2. The highest BCUT2D eigenvalue weighted by Crippen LogP contribution is 2.21. The molecule has 0 aliphatic carbocycles. The summed E-state index contributed by atoms with van der Waals surface area (Å²) in [5, 5.41) is 2.84. The van der Waals surface area contributed by atoms with Crippen LogP contribution in [0.2, 0.25) is 0 Å². The molecule has 0 bridgehead atoms. The smallest absolute Gasteiger partial charge is 0.321 e. The number of amides is 2. The third kappa shape index (κ3) is 6.05. The van der Waals surface area contributed by atoms with Crippen LogP contribution in [0.25, 0.3) is 0 Å². The Kier molecular flexibility index (Phi) is 7.20. The van der Waals surface area contributed by atoms with Gasteiger partial charge in [0.25, 0.3) is 0 Å². The zero-order chi connectivity index (χ0) is 21.6. The molecule has 2 amide bonds. The van der Waals surface area contributed by atoms with E-state index >= 15 is 0 Å². The average Bonchev–Trinajstić information content (AvgIpc) is 3.20. The lowest BCUT2D eigenvalue weighted by atomic mass is 9.97. The van der Waals surface area contributed by atoms with Crippen LogP contribution in [-0.2, 0) is 13.0 Å². The van der Waals surface area contributed by atoms with E-state index in [1.807, 2.05) is 24.3 Å². The molecular weight excluding hydrogens is 391 g/mol. The Labute approximate surface area is 184 Å². The van der Waals surface area contributed by atoms with E-state index in [1.165, 1.54) is 24.0 Å². The van der Waals surface area contributed by atoms with Crippen molar-refractivity contribution in [3.63, 3.8) is 0 Å². The molecule has 1 N–H and O–H groups in total. The zero-order valence-corrected chi connectivity index (χ0v) is 18.4. The molecule has 2 saturated heterocycles. The van der Waals surface area contributed by atoms with Gasteiger partial charge in [0.15, 0.2) is 0 Å². The van der Waals surface area contributed by atoms with Gasteiger partial charge >= 0.3 is 6.03 Å². The lowest BCUT2D eigenvalue weighted by Gasteiger charge is -2.34. The molecule has 1 atom stereocenters. The Hall–Kier alpha value is -2.44. The van der Waals surface area contributed by atoms with Crippen molar-refractivity contribution in [2.75, 3.05) is 51.2 Å². The number of anilines is 1. The number of piperidine rings is 1. The summed E-state index contributed by atoms with van der Waals surface area (Å²) in [7, 11) is 2.19. The van der Waals surface area contributed by atoms with Crippen molar-refractivity contribution in [1.82, 2.24) is 15.1 Å². The molecule has 4 rings (SSSR count). The van der Waals surface area contributed by atoms with E-state index in [2.05, 4.69) is 34.3 Å². The molecule has 0 saturated carbocycles. The first-order valence-corrected chi connectivity index (χ1v) is 11.4. The van der Waals surface area contributed by atoms with Crippen molar-refractivity contribution < 1.29 is 9.18 Å². The number of hydrogen-bond acceptors (Lipinski definition) is 3. The summed E-state index contributed by atoms with van der Waals surface area (Å²) in [6.45, 7) is 6.78. The van der Waals surface area contributed by atoms with Gasteiger partial charge in [0.1, 0.15) is 5.82 Å². The van der Waals surface area contributed by atoms with Gasteiger partial charge in [-0.3, -0.25) is 4.90 Å². The van der Waals surface area contributed by atoms with Crippen LogP contribution in [-0.4, -0.2) is 62.1 Å². The van der Waals surface area contributed by atoms with Crippen molar-refractivity contribution in [3.05, 3.63) is 65.5 Å². The van der Waals surface area contributed by atoms with E-state index in [4.69, 9.17) is 0 Å². The number of carbonyl (C=O) groups is 1. The third-order valence-corrected chi connectivity index (χ3v) is 6.36. The van der Waals surface area contributed by atoms with E-state index in [9.17, 15) is 9.18 Å². The first-order valence-electron chi connectivity index (χ1n) is 11.4. The van der Waals surface area contributed by atoms with Gasteiger partial charge in [0, 0.05) is 45.0 Å². The van der Waals surface area contributed by atoms with Crippen LogP contribution in [0.15, 0.2) is 48.5 Å². The number of nitrogens with zero attached hydrogens (tertiary/aromatic N) is 3. The molecular formula is C25H33FN4O. The number of likely N-dealkylation sites (tertiary alicyclic amines) is 1. The second kappa shape index (κ2) is 10.2. The van der Waals surface area contributed by atoms with Crippen LogP contribution in [0.4, 0.5) is 14.9 Å². The maximum absolute atomic E-state index is 13.1. The minimum Gasteiger partial charge on any atom is -0.336 e. The lowest BCUT2D eigenvalue weighted by molar-refractivity contribution is 0.142. The van der Waals surface area contributed by atoms with E-state index < -0.39 is 0 Å². The third-order valence-electron chi connectivity index (χ3n) is 6.36. The first-order chi connectivity index (χ1) is 15.1. The molecule has 0 aromatic heterocycles. The second-order valence-corrected chi connectivity index (χ2v) is 8.93. The van der Waals surface area contributed by atoms with Crippen LogP contribution in [0.5, 0.6) is 0 Å². The predicted octanol–water partition coefficient (Wildman–Crippen LogP) is 3.74. The maximum atomic E-state index is 13.1. The van der Waals surface area contributed by atoms with E-state index in [-0.39, 0.29) is 11.8 Å². The van der Waals surface area contributed by atoms with Crippen molar-refractivity contribution in [1.29, 1.82) is 0 Å². The summed E-state index contributed by atoms with van der Waals surface area (Å²) in [4.78, 5) is 18.6. The normalized spacial score (nSPS) is 19.8. The summed E-state index contributed by atoms with van der Waals surface area (Å²) < 4.78 is 13.1. The van der Waals surface area contributed by atoms with E-state index in [0.717, 1.165) is 51.4 Å². The molecule has 31 heavy (non-hydrogen) atoms. The van der Waals surface area contributed by atoms with Gasteiger partial charge in [-0.15, -0.1) is 0 Å². The number of urea groups is 1. The standard InChI is InChI=1S/C25H33FN4O/c1-28(17-21-6-10-24(11-7-21)30-16-13-27-25(30)31)18-22-3-2-14-29(19-22)15-12-20-4-8-23(26)9-5-20/h4-11,22H,2-3,12-19H2,1H3,(H,27,31). The molecule has 0 radical (unpaired) electrons. The van der Waals surface area contributed by atoms with Gasteiger partial charge in [0.05, 0.1) is 0 Å². The molecule has 0 spiro atoms. The Morgan fingerprint density at radius 2 is 1.81 bits per heavy atom. The molecule has 166 valence electrons. The van der Waals surface area contributed by atoms with Crippen LogP contribution in [0, 0.1) is 11.7 Å². The summed E-state index contributed by atoms with van der Waals surface area (Å²) in [6.07, 6.45) is 3.50. The Balaban J connectivity index is 1.23. The number of halogens is 1. The average molecular weight is 425 g/mol. The number of rotatable bonds is 8. The van der Waals surface area contributed by atoms with Gasteiger partial charge in [-0.25, -0.2) is 9.18 Å². The summed E-state index contributed by atoms with van der Waals surface area (Å²) in [5.41, 5.74) is 3.44. The van der Waals surface area contributed by atoms with Crippen LogP contribution in [0.1, 0.15) is 24.0 Å². The topological polar surface area (TPSA) is 38.8 Å². The van der Waals surface area contributed by atoms with Gasteiger partial charge in [-0.05, 0) is 74.2 Å². The monoisotopic (exact) mass is 424 g/mol. The summed E-state index contributed by atoms with van der Waals surface area (Å²) >= 11 is 0. The number of benzene rings is 2. The van der Waals surface area contributed by atoms with Crippen molar-refractivity contribution >= 4 is 11.7 Å². The second-order valence-electron chi connectivity index (χ2n) is 8.93. The fourth-order valence-corrected chi connectivity index (χ4v) is 4.76. The Bertz CT molecular complexity index is 855. The SMILES string of the molecule is CN(Cc1ccc(N2CCNC2=O)cc1)CC1CCCN(CCc2ccc(F)cc2)C1. The van der Waals surface area contributed by atoms with Crippen molar-refractivity contribution in [2.45, 2.75) is 25.8 Å². The van der Waals surface area contributed by atoms with Crippen LogP contribution >= 0.6 is 0 Å². The minimum absolute atomic E-state index is 0.00820. The predicted molar refractivity (Wildman–Crippen MR) is 123 cm³/mol. The largest absolute Gasteiger partial charge is 0.336 e. The van der Waals surface area contributed by atoms with Crippen LogP contribution < -0.4 is 10.2 Å². The molecule has 2 aliphatic rings. The Morgan fingerprint density at radius 3 is 2.52 bits per heavy atom. The molecule has 2 fully saturated rings. The quantitative estimate of drug-likeness (QED) is 0.702. The van der Waals surface area contributed by atoms with Crippen molar-refractivity contribution in [3.8, 4) is 0 Å². The molecule has 2 aromatic carbocycles. The lowest BCUT2D eigenvalue weighted by Crippen LogP contribution is -2.40. The molecule has 2 aromatic rings. The number of nitrogens with one attached hydrogen (secondary N) is 1. The first kappa shape index (κ1) is 21.8. The summed E-state index contributed by atoms with van der Waals surface area (Å²) in [5.74, 6) is 0.514. The molecule has 1 unspecified atom stereocenters. The number of hydrogen-bond donors (Lipinski definition) is 1. The number of carbonyl (C=O) groups excluding carboxylic acids is 1. The fraction of sp³-hybridized carbons (Fsp3) is 0.480. The van der Waals surface area contributed by atoms with Gasteiger partial charge < -0.3 is 15.1 Å². The highest BCUT2D eigenvalue weighted by atomic mass is 19.1. The maximum Gasteiger partial charge on any atom is 0.321 e. The molecule has 6 heteroatoms. The molecule has 2 heterocycles.